The lowest BCUT2D eigenvalue weighted by molar-refractivity contribution is -0.135. The molecule has 0 radical (unpaired) electrons. The van der Waals surface area contributed by atoms with Gasteiger partial charge in [0.2, 0.25) is 5.91 Å². The molecule has 7 heteroatoms. The van der Waals surface area contributed by atoms with Crippen LogP contribution in [-0.2, 0) is 15.1 Å². The Morgan fingerprint density at radius 1 is 1.14 bits per heavy atom. The first-order valence-electron chi connectivity index (χ1n) is 9.12. The van der Waals surface area contributed by atoms with Crippen LogP contribution in [0.25, 0.3) is 0 Å². The fraction of sp³-hybridized carbons (Fsp3) is 0.286. The zero-order chi connectivity index (χ0) is 20.3. The lowest BCUT2D eigenvalue weighted by Crippen LogP contribution is -2.45. The summed E-state index contributed by atoms with van der Waals surface area (Å²) < 4.78 is 13.0. The number of carbonyl (C=O) groups excluding carboxylic acids is 3. The Kier molecular flexibility index (Phi) is 5.44. The molecule has 0 aromatic heterocycles. The predicted octanol–water partition coefficient (Wildman–Crippen LogP) is 2.86. The van der Waals surface area contributed by atoms with E-state index in [0.29, 0.717) is 12.0 Å². The molecule has 0 spiro atoms. The van der Waals surface area contributed by atoms with Crippen molar-refractivity contribution in [1.29, 1.82) is 0 Å². The monoisotopic (exact) mass is 383 g/mol. The predicted molar refractivity (Wildman–Crippen MR) is 102 cm³/mol. The minimum atomic E-state index is -1.17. The lowest BCUT2D eigenvalue weighted by Gasteiger charge is -2.25. The molecule has 146 valence electrons. The van der Waals surface area contributed by atoms with Crippen LogP contribution in [0.1, 0.15) is 37.4 Å². The molecule has 0 aliphatic carbocycles. The summed E-state index contributed by atoms with van der Waals surface area (Å²) in [6, 6.07) is 13.8. The van der Waals surface area contributed by atoms with Crippen molar-refractivity contribution in [1.82, 2.24) is 15.5 Å². The number of nitrogens with one attached hydrogen (secondary N) is 2. The van der Waals surface area contributed by atoms with Gasteiger partial charge in [0.1, 0.15) is 17.9 Å². The van der Waals surface area contributed by atoms with Crippen LogP contribution < -0.4 is 10.6 Å². The summed E-state index contributed by atoms with van der Waals surface area (Å²) in [4.78, 5) is 38.8. The molecule has 4 amide bonds. The van der Waals surface area contributed by atoms with Crippen LogP contribution in [0.2, 0.25) is 0 Å². The Morgan fingerprint density at radius 2 is 1.79 bits per heavy atom. The maximum Gasteiger partial charge on any atom is 0.325 e. The van der Waals surface area contributed by atoms with Crippen molar-refractivity contribution in [2.24, 2.45) is 0 Å². The van der Waals surface area contributed by atoms with Gasteiger partial charge in [0.25, 0.3) is 5.91 Å². The molecule has 2 N–H and O–H groups in total. The van der Waals surface area contributed by atoms with Gasteiger partial charge in [0.05, 0.1) is 6.04 Å². The number of amides is 4. The second kappa shape index (κ2) is 7.80. The van der Waals surface area contributed by atoms with Crippen LogP contribution in [0.15, 0.2) is 54.6 Å². The summed E-state index contributed by atoms with van der Waals surface area (Å²) in [6.45, 7) is 3.17. The number of hydrogen-bond donors (Lipinski definition) is 2. The Hall–Kier alpha value is -3.22. The van der Waals surface area contributed by atoms with Crippen molar-refractivity contribution in [3.63, 3.8) is 0 Å². The Labute approximate surface area is 162 Å². The van der Waals surface area contributed by atoms with Crippen LogP contribution >= 0.6 is 0 Å². The van der Waals surface area contributed by atoms with E-state index in [1.165, 1.54) is 12.1 Å². The van der Waals surface area contributed by atoms with Crippen molar-refractivity contribution >= 4 is 17.8 Å². The normalized spacial score (nSPS) is 20.0. The highest BCUT2D eigenvalue weighted by molar-refractivity contribution is 6.09. The average molecular weight is 383 g/mol. The molecule has 28 heavy (non-hydrogen) atoms. The van der Waals surface area contributed by atoms with Gasteiger partial charge in [0, 0.05) is 0 Å². The van der Waals surface area contributed by atoms with Crippen LogP contribution in [-0.4, -0.2) is 29.3 Å². The number of benzene rings is 2. The van der Waals surface area contributed by atoms with Gasteiger partial charge >= 0.3 is 6.03 Å². The van der Waals surface area contributed by atoms with Crippen molar-refractivity contribution < 1.29 is 18.8 Å². The van der Waals surface area contributed by atoms with Crippen molar-refractivity contribution in [2.75, 3.05) is 6.54 Å². The molecule has 1 saturated heterocycles. The molecule has 3 rings (SSSR count). The SMILES string of the molecule is CC[C@@]1(c2ccccc2)NC(=O)N(CC(=O)N[C@H](C)c2ccc(F)cc2)C1=O. The van der Waals surface area contributed by atoms with Gasteiger partial charge in [-0.2, -0.15) is 0 Å². The zero-order valence-electron chi connectivity index (χ0n) is 15.7. The van der Waals surface area contributed by atoms with E-state index in [1.807, 2.05) is 13.0 Å². The molecule has 1 aliphatic rings. The van der Waals surface area contributed by atoms with E-state index in [2.05, 4.69) is 10.6 Å². The van der Waals surface area contributed by atoms with Crippen LogP contribution in [0.3, 0.4) is 0 Å². The number of rotatable bonds is 6. The second-order valence-corrected chi connectivity index (χ2v) is 6.79. The standard InChI is InChI=1S/C21H22FN3O3/c1-3-21(16-7-5-4-6-8-16)19(27)25(20(28)24-21)13-18(26)23-14(2)15-9-11-17(22)12-10-15/h4-12,14H,3,13H2,1-2H3,(H,23,26)(H,24,28)/t14-,21+/m1/s1. The van der Waals surface area contributed by atoms with Gasteiger partial charge in [-0.05, 0) is 36.6 Å². The number of halogens is 1. The molecule has 1 heterocycles. The van der Waals surface area contributed by atoms with Gasteiger partial charge in [-0.25, -0.2) is 9.18 Å². The molecule has 2 aromatic carbocycles. The lowest BCUT2D eigenvalue weighted by atomic mass is 9.87. The van der Waals surface area contributed by atoms with Gasteiger partial charge in [-0.1, -0.05) is 49.4 Å². The van der Waals surface area contributed by atoms with E-state index in [-0.39, 0.29) is 18.4 Å². The summed E-state index contributed by atoms with van der Waals surface area (Å²) >= 11 is 0. The highest BCUT2D eigenvalue weighted by Gasteiger charge is 2.51. The minimum Gasteiger partial charge on any atom is -0.348 e. The Morgan fingerprint density at radius 3 is 2.39 bits per heavy atom. The molecule has 1 aliphatic heterocycles. The van der Waals surface area contributed by atoms with E-state index >= 15 is 0 Å². The maximum absolute atomic E-state index is 13.0. The van der Waals surface area contributed by atoms with Crippen molar-refractivity contribution in [3.05, 3.63) is 71.5 Å². The van der Waals surface area contributed by atoms with Crippen LogP contribution in [0.4, 0.5) is 9.18 Å². The van der Waals surface area contributed by atoms with Gasteiger partial charge in [-0.3, -0.25) is 14.5 Å². The van der Waals surface area contributed by atoms with E-state index in [0.717, 1.165) is 10.5 Å². The molecule has 0 unspecified atom stereocenters. The molecule has 0 saturated carbocycles. The maximum atomic E-state index is 13.0. The topological polar surface area (TPSA) is 78.5 Å². The average Bonchev–Trinajstić information content (AvgIpc) is 2.94. The summed E-state index contributed by atoms with van der Waals surface area (Å²) in [7, 11) is 0. The van der Waals surface area contributed by atoms with Gasteiger partial charge < -0.3 is 10.6 Å². The van der Waals surface area contributed by atoms with Crippen molar-refractivity contribution in [2.45, 2.75) is 31.8 Å². The first-order valence-corrected chi connectivity index (χ1v) is 9.12. The fourth-order valence-corrected chi connectivity index (χ4v) is 3.40. The molecule has 2 aromatic rings. The molecule has 6 nitrogen and oxygen atoms in total. The van der Waals surface area contributed by atoms with E-state index in [1.54, 1.807) is 43.3 Å². The van der Waals surface area contributed by atoms with Crippen LogP contribution in [0.5, 0.6) is 0 Å². The summed E-state index contributed by atoms with van der Waals surface area (Å²) in [5.41, 5.74) is 0.235. The second-order valence-electron chi connectivity index (χ2n) is 6.79. The van der Waals surface area contributed by atoms with Gasteiger partial charge in [0.15, 0.2) is 0 Å². The number of imide groups is 1. The Balaban J connectivity index is 1.72. The molecular weight excluding hydrogens is 361 g/mol. The summed E-state index contributed by atoms with van der Waals surface area (Å²) in [6.07, 6.45) is 0.367. The van der Waals surface area contributed by atoms with Crippen molar-refractivity contribution in [3.8, 4) is 0 Å². The number of nitrogens with zero attached hydrogens (tertiary/aromatic N) is 1. The summed E-state index contributed by atoms with van der Waals surface area (Å²) in [5, 5.41) is 5.48. The third-order valence-corrected chi connectivity index (χ3v) is 5.02. The number of urea groups is 1. The Bertz CT molecular complexity index is 886. The smallest absolute Gasteiger partial charge is 0.325 e. The third kappa shape index (κ3) is 3.60. The van der Waals surface area contributed by atoms with E-state index in [4.69, 9.17) is 0 Å². The molecule has 1 fully saturated rings. The minimum absolute atomic E-state index is 0.363. The first kappa shape index (κ1) is 19.5. The highest BCUT2D eigenvalue weighted by Crippen LogP contribution is 2.32. The first-order chi connectivity index (χ1) is 13.4. The molecule has 0 bridgehead atoms. The number of carbonyl (C=O) groups is 3. The summed E-state index contributed by atoms with van der Waals surface area (Å²) in [5.74, 6) is -1.28. The zero-order valence-corrected chi connectivity index (χ0v) is 15.7. The molecule has 2 atom stereocenters. The third-order valence-electron chi connectivity index (χ3n) is 5.02. The van der Waals surface area contributed by atoms with E-state index in [9.17, 15) is 18.8 Å². The quantitative estimate of drug-likeness (QED) is 0.753. The highest BCUT2D eigenvalue weighted by atomic mass is 19.1. The molecular formula is C21H22FN3O3. The van der Waals surface area contributed by atoms with Crippen LogP contribution in [0, 0.1) is 5.82 Å². The van der Waals surface area contributed by atoms with Gasteiger partial charge in [-0.15, -0.1) is 0 Å². The largest absolute Gasteiger partial charge is 0.348 e. The van der Waals surface area contributed by atoms with E-state index < -0.39 is 23.4 Å². The number of hydrogen-bond acceptors (Lipinski definition) is 3. The fourth-order valence-electron chi connectivity index (χ4n) is 3.40.